The molecule has 0 saturated heterocycles. The fourth-order valence-corrected chi connectivity index (χ4v) is 6.14. The topological polar surface area (TPSA) is 49.6 Å². The van der Waals surface area contributed by atoms with Gasteiger partial charge in [-0.1, -0.05) is 41.6 Å². The van der Waals surface area contributed by atoms with E-state index >= 15 is 0 Å². The Morgan fingerprint density at radius 3 is 2.47 bits per heavy atom. The van der Waals surface area contributed by atoms with Gasteiger partial charge in [0.25, 0.3) is 0 Å². The van der Waals surface area contributed by atoms with Crippen LogP contribution >= 0.6 is 11.8 Å². The number of imide groups is 1. The van der Waals surface area contributed by atoms with Crippen LogP contribution in [0, 0.1) is 12.8 Å². The van der Waals surface area contributed by atoms with Gasteiger partial charge in [0, 0.05) is 0 Å². The first kappa shape index (κ1) is 21.0. The Kier molecular flexibility index (Phi) is 5.64. The molecule has 32 heavy (non-hydrogen) atoms. The van der Waals surface area contributed by atoms with Crippen LogP contribution in [0.3, 0.4) is 0 Å². The van der Waals surface area contributed by atoms with Crippen molar-refractivity contribution >= 4 is 34.4 Å². The number of amides is 3. The van der Waals surface area contributed by atoms with Crippen LogP contribution in [-0.4, -0.2) is 28.2 Å². The van der Waals surface area contributed by atoms with E-state index in [1.807, 2.05) is 23.6 Å². The van der Waals surface area contributed by atoms with E-state index in [0.29, 0.717) is 18.8 Å². The van der Waals surface area contributed by atoms with E-state index in [9.17, 15) is 9.59 Å². The number of fused-ring (bicyclic) bond motifs is 2. The van der Waals surface area contributed by atoms with Gasteiger partial charge in [-0.05, 0) is 79.8 Å². The molecule has 2 heterocycles. The maximum absolute atomic E-state index is 13.7. The van der Waals surface area contributed by atoms with E-state index in [0.717, 1.165) is 42.0 Å². The zero-order valence-electron chi connectivity index (χ0n) is 18.5. The predicted molar refractivity (Wildman–Crippen MR) is 127 cm³/mol. The molecule has 0 spiro atoms. The van der Waals surface area contributed by atoms with Crippen LogP contribution < -0.4 is 9.64 Å². The molecule has 3 amide bonds. The third-order valence-electron chi connectivity index (χ3n) is 6.30. The molecule has 1 aliphatic carbocycles. The number of benzene rings is 2. The lowest BCUT2D eigenvalue weighted by Crippen LogP contribution is -2.53. The number of nitrogens with zero attached hydrogens (tertiary/aromatic N) is 2. The van der Waals surface area contributed by atoms with E-state index in [4.69, 9.17) is 4.74 Å². The second-order valence-electron chi connectivity index (χ2n) is 8.48. The van der Waals surface area contributed by atoms with Gasteiger partial charge in [0.05, 0.1) is 6.61 Å². The quantitative estimate of drug-likeness (QED) is 0.555. The van der Waals surface area contributed by atoms with Crippen molar-refractivity contribution in [1.82, 2.24) is 0 Å². The van der Waals surface area contributed by atoms with Crippen LogP contribution in [0.15, 0.2) is 59.0 Å². The molecular weight excluding hydrogens is 420 g/mol. The summed E-state index contributed by atoms with van der Waals surface area (Å²) >= 11 is 1.66. The monoisotopic (exact) mass is 447 g/mol. The first-order valence-electron chi connectivity index (χ1n) is 11.3. The van der Waals surface area contributed by atoms with Gasteiger partial charge in [0.15, 0.2) is 11.0 Å². The lowest BCUT2D eigenvalue weighted by molar-refractivity contribution is -0.443. The van der Waals surface area contributed by atoms with Crippen LogP contribution in [0.25, 0.3) is 0 Å². The molecule has 0 saturated carbocycles. The first-order chi connectivity index (χ1) is 15.6. The summed E-state index contributed by atoms with van der Waals surface area (Å²) in [6.45, 7) is 5.01. The lowest BCUT2D eigenvalue weighted by Gasteiger charge is -2.26. The molecule has 3 aliphatic rings. The second kappa shape index (κ2) is 8.58. The number of aryl methyl sites for hydroxylation is 1. The zero-order valence-corrected chi connectivity index (χ0v) is 19.3. The molecule has 0 aromatic heterocycles. The number of hydrogen-bond donors (Lipinski definition) is 0. The van der Waals surface area contributed by atoms with E-state index in [1.165, 1.54) is 20.9 Å². The fourth-order valence-electron chi connectivity index (χ4n) is 4.68. The Morgan fingerprint density at radius 1 is 1.03 bits per heavy atom. The van der Waals surface area contributed by atoms with Crippen LogP contribution in [0.4, 0.5) is 10.5 Å². The third kappa shape index (κ3) is 3.66. The number of rotatable bonds is 5. The summed E-state index contributed by atoms with van der Waals surface area (Å²) in [4.78, 5) is 30.1. The summed E-state index contributed by atoms with van der Waals surface area (Å²) in [5, 5.41) is 0.884. The minimum absolute atomic E-state index is 0.131. The van der Waals surface area contributed by atoms with Gasteiger partial charge in [0.2, 0.25) is 0 Å². The minimum atomic E-state index is -0.343. The summed E-state index contributed by atoms with van der Waals surface area (Å²) < 4.78 is 7.35. The average Bonchev–Trinajstić information content (AvgIpc) is 3.19. The van der Waals surface area contributed by atoms with Gasteiger partial charge in [-0.25, -0.2) is 4.79 Å². The predicted octanol–water partition coefficient (Wildman–Crippen LogP) is 5.66. The van der Waals surface area contributed by atoms with Crippen LogP contribution in [0.1, 0.15) is 43.7 Å². The molecule has 6 heteroatoms. The Bertz CT molecular complexity index is 1130. The molecule has 0 fully saturated rings. The molecule has 0 N–H and O–H groups in total. The molecule has 2 aliphatic heterocycles. The largest absolute Gasteiger partial charge is 0.506 e. The summed E-state index contributed by atoms with van der Waals surface area (Å²) in [6, 6.07) is 15.2. The van der Waals surface area contributed by atoms with Crippen molar-refractivity contribution in [2.75, 3.05) is 11.5 Å². The number of ether oxygens (including phenoxy) is 1. The van der Waals surface area contributed by atoms with Gasteiger partial charge in [-0.2, -0.15) is 9.37 Å². The smallest absolute Gasteiger partial charge is 0.494 e. The first-order valence-corrected chi connectivity index (χ1v) is 12.1. The number of carbonyl (C=O) groups is 2. The van der Waals surface area contributed by atoms with Gasteiger partial charge in [0.1, 0.15) is 18.0 Å². The average molecular weight is 448 g/mol. The molecule has 1 atom stereocenters. The number of hydrogen-bond acceptors (Lipinski definition) is 4. The minimum Gasteiger partial charge on any atom is -0.494 e. The van der Waals surface area contributed by atoms with Crippen molar-refractivity contribution < 1.29 is 18.9 Å². The molecule has 5 rings (SSSR count). The highest BCUT2D eigenvalue weighted by Gasteiger charge is 2.54. The third-order valence-corrected chi connectivity index (χ3v) is 7.68. The van der Waals surface area contributed by atoms with Crippen molar-refractivity contribution in [3.8, 4) is 5.75 Å². The number of anilines is 1. The molecule has 0 bridgehead atoms. The molecular formula is C26H27N2O3S+. The highest BCUT2D eigenvalue weighted by atomic mass is 32.2. The maximum Gasteiger partial charge on any atom is 0.506 e. The van der Waals surface area contributed by atoms with Crippen molar-refractivity contribution in [2.24, 2.45) is 5.92 Å². The number of urea groups is 1. The molecule has 1 unspecified atom stereocenters. The summed E-state index contributed by atoms with van der Waals surface area (Å²) in [6.07, 6.45) is 4.19. The highest BCUT2D eigenvalue weighted by Crippen LogP contribution is 2.48. The summed E-state index contributed by atoms with van der Waals surface area (Å²) in [5.74, 6) is 0.254. The second-order valence-corrected chi connectivity index (χ2v) is 9.60. The van der Waals surface area contributed by atoms with Crippen molar-refractivity contribution in [3.63, 3.8) is 0 Å². The number of carbonyl (C=O) groups excluding carboxylic acids is 2. The molecule has 0 radical (unpaired) electrons. The van der Waals surface area contributed by atoms with Crippen LogP contribution in [-0.2, 0) is 11.3 Å². The van der Waals surface area contributed by atoms with Crippen LogP contribution in [0.2, 0.25) is 0 Å². The summed E-state index contributed by atoms with van der Waals surface area (Å²) in [7, 11) is 0. The molecule has 5 nitrogen and oxygen atoms in total. The number of allylic oxidation sites excluding steroid dienone is 1. The van der Waals surface area contributed by atoms with E-state index in [2.05, 4.69) is 31.2 Å². The van der Waals surface area contributed by atoms with Crippen LogP contribution in [0.5, 0.6) is 5.75 Å². The van der Waals surface area contributed by atoms with Gasteiger partial charge in [-0.3, -0.25) is 0 Å². The Balaban J connectivity index is 1.57. The van der Waals surface area contributed by atoms with E-state index in [1.54, 1.807) is 23.9 Å². The SMILES string of the molecule is CCOc1ccc(N2C(=O)C3C4=C(CCCC4)SC3=[N+](Cc3ccc(C)cc3)C2=O)cc1. The fraction of sp³-hybridized carbons (Fsp3) is 0.346. The number of thioether (sulfide) groups is 1. The van der Waals surface area contributed by atoms with Gasteiger partial charge < -0.3 is 4.74 Å². The normalized spacial score (nSPS) is 20.6. The standard InChI is InChI=1S/C26H27N2O3S/c1-3-31-20-14-12-19(13-15-20)28-24(29)23-21-6-4-5-7-22(21)32-25(23)27(26(28)30)16-18-10-8-17(2)9-11-18/h8-15,23H,3-7,16H2,1-2H3/q+1. The van der Waals surface area contributed by atoms with E-state index < -0.39 is 0 Å². The van der Waals surface area contributed by atoms with Gasteiger partial charge in [-0.15, -0.1) is 4.90 Å². The van der Waals surface area contributed by atoms with Crippen molar-refractivity contribution in [1.29, 1.82) is 0 Å². The van der Waals surface area contributed by atoms with Crippen molar-refractivity contribution in [3.05, 3.63) is 70.1 Å². The van der Waals surface area contributed by atoms with E-state index in [-0.39, 0.29) is 17.9 Å². The highest BCUT2D eigenvalue weighted by molar-refractivity contribution is 8.17. The lowest BCUT2D eigenvalue weighted by atomic mass is 9.88. The zero-order chi connectivity index (χ0) is 22.2. The van der Waals surface area contributed by atoms with Crippen molar-refractivity contribution in [2.45, 2.75) is 46.1 Å². The Hall–Kier alpha value is -2.86. The molecule has 164 valence electrons. The molecule has 2 aromatic carbocycles. The Morgan fingerprint density at radius 2 is 1.75 bits per heavy atom. The summed E-state index contributed by atoms with van der Waals surface area (Å²) in [5.41, 5.74) is 4.05. The molecule has 2 aromatic rings. The maximum atomic E-state index is 13.7. The van der Waals surface area contributed by atoms with Gasteiger partial charge >= 0.3 is 11.9 Å². The Labute approximate surface area is 192 Å².